The number of anilines is 1. The molecular formula is C11H14BrClN2O. The molecule has 0 aliphatic rings. The van der Waals surface area contributed by atoms with Crippen LogP contribution in [0.5, 0.6) is 0 Å². The Kier molecular flexibility index (Phi) is 4.35. The van der Waals surface area contributed by atoms with Gasteiger partial charge in [-0.05, 0) is 32.0 Å². The van der Waals surface area contributed by atoms with Crippen molar-refractivity contribution in [2.45, 2.75) is 25.8 Å². The summed E-state index contributed by atoms with van der Waals surface area (Å²) in [6, 6.07) is 5.29. The number of halogens is 2. The largest absolute Gasteiger partial charge is 0.325 e. The van der Waals surface area contributed by atoms with Crippen LogP contribution in [0.15, 0.2) is 22.7 Å². The summed E-state index contributed by atoms with van der Waals surface area (Å²) < 4.78 is 0.870. The van der Waals surface area contributed by atoms with E-state index in [1.165, 1.54) is 0 Å². The number of hydrogen-bond donors (Lipinski definition) is 2. The van der Waals surface area contributed by atoms with Crippen LogP contribution in [0.2, 0.25) is 5.02 Å². The molecule has 1 aromatic rings. The summed E-state index contributed by atoms with van der Waals surface area (Å²) in [4.78, 5) is 11.6. The van der Waals surface area contributed by atoms with Crippen molar-refractivity contribution in [2.75, 3.05) is 5.32 Å². The van der Waals surface area contributed by atoms with E-state index in [1.807, 2.05) is 6.07 Å². The zero-order chi connectivity index (χ0) is 12.3. The minimum atomic E-state index is -0.522. The van der Waals surface area contributed by atoms with E-state index in [0.717, 1.165) is 4.47 Å². The lowest BCUT2D eigenvalue weighted by Crippen LogP contribution is -2.36. The van der Waals surface area contributed by atoms with Gasteiger partial charge in [0.15, 0.2) is 0 Å². The van der Waals surface area contributed by atoms with Gasteiger partial charge in [0.1, 0.15) is 0 Å². The van der Waals surface area contributed by atoms with E-state index in [0.29, 0.717) is 10.7 Å². The molecule has 0 saturated heterocycles. The molecule has 3 N–H and O–H groups in total. The quantitative estimate of drug-likeness (QED) is 0.901. The summed E-state index contributed by atoms with van der Waals surface area (Å²) in [6.45, 7) is 3.60. The Morgan fingerprint density at radius 1 is 1.56 bits per heavy atom. The van der Waals surface area contributed by atoms with Gasteiger partial charge in [0, 0.05) is 16.4 Å². The monoisotopic (exact) mass is 304 g/mol. The van der Waals surface area contributed by atoms with Crippen molar-refractivity contribution in [3.8, 4) is 0 Å². The van der Waals surface area contributed by atoms with Crippen LogP contribution in [0, 0.1) is 0 Å². The molecule has 16 heavy (non-hydrogen) atoms. The van der Waals surface area contributed by atoms with Crippen molar-refractivity contribution >= 4 is 39.1 Å². The molecule has 0 aromatic heterocycles. The van der Waals surface area contributed by atoms with Crippen molar-refractivity contribution in [3.05, 3.63) is 27.7 Å². The Hall–Kier alpha value is -0.580. The lowest BCUT2D eigenvalue weighted by molar-refractivity contribution is -0.117. The first-order valence-corrected chi connectivity index (χ1v) is 5.99. The summed E-state index contributed by atoms with van der Waals surface area (Å²) >= 11 is 9.26. The molecule has 0 heterocycles. The molecule has 0 aliphatic carbocycles. The van der Waals surface area contributed by atoms with E-state index >= 15 is 0 Å². The standard InChI is InChI=1S/C11H14BrClN2O/c1-11(2,14)6-10(16)15-9-4-3-7(12)5-8(9)13/h3-5H,6,14H2,1-2H3,(H,15,16). The molecule has 0 spiro atoms. The maximum absolute atomic E-state index is 11.6. The Morgan fingerprint density at radius 3 is 2.69 bits per heavy atom. The van der Waals surface area contributed by atoms with Crippen LogP contribution in [-0.2, 0) is 4.79 Å². The van der Waals surface area contributed by atoms with E-state index in [4.69, 9.17) is 17.3 Å². The van der Waals surface area contributed by atoms with Gasteiger partial charge >= 0.3 is 0 Å². The fourth-order valence-electron chi connectivity index (χ4n) is 1.20. The molecule has 0 saturated carbocycles. The first-order valence-electron chi connectivity index (χ1n) is 4.82. The van der Waals surface area contributed by atoms with Gasteiger partial charge in [0.25, 0.3) is 0 Å². The number of rotatable bonds is 3. The van der Waals surface area contributed by atoms with E-state index in [9.17, 15) is 4.79 Å². The number of nitrogens with one attached hydrogen (secondary N) is 1. The Morgan fingerprint density at radius 2 is 2.19 bits per heavy atom. The topological polar surface area (TPSA) is 55.1 Å². The molecule has 1 rings (SSSR count). The minimum Gasteiger partial charge on any atom is -0.325 e. The number of benzene rings is 1. The van der Waals surface area contributed by atoms with Crippen LogP contribution in [0.3, 0.4) is 0 Å². The molecule has 0 fully saturated rings. The van der Waals surface area contributed by atoms with Crippen LogP contribution in [-0.4, -0.2) is 11.4 Å². The number of hydrogen-bond acceptors (Lipinski definition) is 2. The lowest BCUT2D eigenvalue weighted by Gasteiger charge is -2.17. The fraction of sp³-hybridized carbons (Fsp3) is 0.364. The second-order valence-corrected chi connectivity index (χ2v) is 5.66. The summed E-state index contributed by atoms with van der Waals surface area (Å²) in [5.74, 6) is -0.142. The SMILES string of the molecule is CC(C)(N)CC(=O)Nc1ccc(Br)cc1Cl. The van der Waals surface area contributed by atoms with Gasteiger partial charge in [0.2, 0.25) is 5.91 Å². The van der Waals surface area contributed by atoms with Crippen molar-refractivity contribution < 1.29 is 4.79 Å². The third-order valence-electron chi connectivity index (χ3n) is 1.82. The van der Waals surface area contributed by atoms with Crippen LogP contribution in [0.1, 0.15) is 20.3 Å². The maximum Gasteiger partial charge on any atom is 0.226 e. The highest BCUT2D eigenvalue weighted by molar-refractivity contribution is 9.10. The highest BCUT2D eigenvalue weighted by atomic mass is 79.9. The third-order valence-corrected chi connectivity index (χ3v) is 2.63. The Labute approximate surface area is 108 Å². The van der Waals surface area contributed by atoms with Gasteiger partial charge in [-0.25, -0.2) is 0 Å². The van der Waals surface area contributed by atoms with Crippen molar-refractivity contribution in [3.63, 3.8) is 0 Å². The van der Waals surface area contributed by atoms with Crippen molar-refractivity contribution in [1.82, 2.24) is 0 Å². The summed E-state index contributed by atoms with van der Waals surface area (Å²) in [5, 5.41) is 3.22. The van der Waals surface area contributed by atoms with Gasteiger partial charge in [0.05, 0.1) is 10.7 Å². The van der Waals surface area contributed by atoms with Gasteiger partial charge < -0.3 is 11.1 Å². The minimum absolute atomic E-state index is 0.142. The van der Waals surface area contributed by atoms with Crippen LogP contribution in [0.4, 0.5) is 5.69 Å². The molecule has 3 nitrogen and oxygen atoms in total. The van der Waals surface area contributed by atoms with Gasteiger partial charge in [-0.3, -0.25) is 4.79 Å². The average Bonchev–Trinajstić information content (AvgIpc) is 2.06. The van der Waals surface area contributed by atoms with Gasteiger partial charge in [-0.2, -0.15) is 0 Å². The van der Waals surface area contributed by atoms with Gasteiger partial charge in [-0.15, -0.1) is 0 Å². The second-order valence-electron chi connectivity index (χ2n) is 4.34. The van der Waals surface area contributed by atoms with Gasteiger partial charge in [-0.1, -0.05) is 27.5 Å². The van der Waals surface area contributed by atoms with E-state index in [2.05, 4.69) is 21.2 Å². The highest BCUT2D eigenvalue weighted by Gasteiger charge is 2.16. The molecule has 88 valence electrons. The Balaban J connectivity index is 2.70. The van der Waals surface area contributed by atoms with E-state index in [1.54, 1.807) is 26.0 Å². The second kappa shape index (κ2) is 5.17. The van der Waals surface area contributed by atoms with Crippen LogP contribution < -0.4 is 11.1 Å². The summed E-state index contributed by atoms with van der Waals surface area (Å²) in [5.41, 5.74) is 5.83. The number of amides is 1. The Bertz CT molecular complexity index is 401. The van der Waals surface area contributed by atoms with Crippen molar-refractivity contribution in [2.24, 2.45) is 5.73 Å². The average molecular weight is 306 g/mol. The number of carbonyl (C=O) groups is 1. The molecular weight excluding hydrogens is 291 g/mol. The first-order chi connectivity index (χ1) is 7.28. The molecule has 0 bridgehead atoms. The summed E-state index contributed by atoms with van der Waals surface area (Å²) in [6.07, 6.45) is 0.249. The maximum atomic E-state index is 11.6. The van der Waals surface area contributed by atoms with Crippen LogP contribution >= 0.6 is 27.5 Å². The van der Waals surface area contributed by atoms with Crippen LogP contribution in [0.25, 0.3) is 0 Å². The van der Waals surface area contributed by atoms with E-state index in [-0.39, 0.29) is 12.3 Å². The molecule has 0 radical (unpaired) electrons. The molecule has 5 heteroatoms. The summed E-state index contributed by atoms with van der Waals surface area (Å²) in [7, 11) is 0. The zero-order valence-corrected chi connectivity index (χ0v) is 11.5. The van der Waals surface area contributed by atoms with Crippen molar-refractivity contribution in [1.29, 1.82) is 0 Å². The molecule has 0 aliphatic heterocycles. The predicted octanol–water partition coefficient (Wildman–Crippen LogP) is 3.17. The zero-order valence-electron chi connectivity index (χ0n) is 9.18. The lowest BCUT2D eigenvalue weighted by atomic mass is 10.0. The molecule has 1 aromatic carbocycles. The smallest absolute Gasteiger partial charge is 0.226 e. The molecule has 1 amide bonds. The van der Waals surface area contributed by atoms with E-state index < -0.39 is 5.54 Å². The fourth-order valence-corrected chi connectivity index (χ4v) is 1.92. The first kappa shape index (κ1) is 13.5. The molecule has 0 atom stereocenters. The normalized spacial score (nSPS) is 11.3. The number of carbonyl (C=O) groups excluding carboxylic acids is 1. The third kappa shape index (κ3) is 4.51. The predicted molar refractivity (Wildman–Crippen MR) is 70.7 cm³/mol. The number of nitrogens with two attached hydrogens (primary N) is 1. The highest BCUT2D eigenvalue weighted by Crippen LogP contribution is 2.25. The molecule has 0 unspecified atom stereocenters.